The molecule has 1 N–H and O–H groups in total. The van der Waals surface area contributed by atoms with Crippen molar-refractivity contribution in [1.29, 1.82) is 0 Å². The van der Waals surface area contributed by atoms with Gasteiger partial charge in [0.15, 0.2) is 0 Å². The summed E-state index contributed by atoms with van der Waals surface area (Å²) in [6.45, 7) is 19.5. The Morgan fingerprint density at radius 3 is 1.61 bits per heavy atom. The Labute approximate surface area is 172 Å². The summed E-state index contributed by atoms with van der Waals surface area (Å²) in [5, 5.41) is 0. The van der Waals surface area contributed by atoms with Crippen LogP contribution in [-0.4, -0.2) is 4.89 Å². The van der Waals surface area contributed by atoms with E-state index in [1.54, 1.807) is 0 Å². The van der Waals surface area contributed by atoms with E-state index < -0.39 is 8.60 Å². The maximum Gasteiger partial charge on any atom is 0.460 e. The average Bonchev–Trinajstić information content (AvgIpc) is 2.52. The minimum atomic E-state index is -2.07. The second-order valence-corrected chi connectivity index (χ2v) is 11.2. The number of benzene rings is 2. The monoisotopic (exact) mass is 402 g/mol. The predicted octanol–water partition coefficient (Wildman–Crippen LogP) is 7.26. The molecule has 0 aliphatic heterocycles. The van der Waals surface area contributed by atoms with Gasteiger partial charge in [0.25, 0.3) is 0 Å². The van der Waals surface area contributed by atoms with Gasteiger partial charge in [0, 0.05) is 5.56 Å². The molecule has 0 radical (unpaired) electrons. The molecule has 0 saturated heterocycles. The fourth-order valence-corrected chi connectivity index (χ4v) is 3.54. The molecule has 3 nitrogen and oxygen atoms in total. The molecule has 1 atom stereocenters. The minimum Gasteiger partial charge on any atom is -0.418 e. The third kappa shape index (κ3) is 5.96. The Morgan fingerprint density at radius 1 is 0.643 bits per heavy atom. The van der Waals surface area contributed by atoms with Crippen molar-refractivity contribution in [2.45, 2.75) is 78.6 Å². The number of hydrogen-bond acceptors (Lipinski definition) is 3. The second kappa shape index (κ2) is 8.05. The molecule has 4 heteroatoms. The van der Waals surface area contributed by atoms with Gasteiger partial charge < -0.3 is 13.9 Å². The van der Waals surface area contributed by atoms with Crippen LogP contribution in [-0.2, 0) is 16.2 Å². The zero-order chi connectivity index (χ0) is 21.3. The molecule has 0 aliphatic carbocycles. The molecular weight excluding hydrogens is 367 g/mol. The normalized spacial score (nSPS) is 13.9. The molecule has 28 heavy (non-hydrogen) atoms. The summed E-state index contributed by atoms with van der Waals surface area (Å²) in [5.74, 6) is 1.27. The van der Waals surface area contributed by atoms with Gasteiger partial charge in [-0.15, -0.1) is 0 Å². The van der Waals surface area contributed by atoms with Crippen LogP contribution in [0, 0.1) is 0 Å². The first-order valence-corrected chi connectivity index (χ1v) is 10.9. The third-order valence-electron chi connectivity index (χ3n) is 4.73. The highest BCUT2D eigenvalue weighted by molar-refractivity contribution is 7.41. The topological polar surface area (TPSA) is 38.7 Å². The van der Waals surface area contributed by atoms with E-state index in [4.69, 9.17) is 9.05 Å². The smallest absolute Gasteiger partial charge is 0.418 e. The van der Waals surface area contributed by atoms with Crippen LogP contribution in [0.5, 0.6) is 11.5 Å². The first kappa shape index (κ1) is 22.7. The average molecular weight is 403 g/mol. The van der Waals surface area contributed by atoms with Crippen LogP contribution < -0.4 is 9.05 Å². The van der Waals surface area contributed by atoms with Crippen molar-refractivity contribution < 1.29 is 13.9 Å². The van der Waals surface area contributed by atoms with E-state index in [0.717, 1.165) is 5.56 Å². The zero-order valence-electron chi connectivity index (χ0n) is 18.8. The predicted molar refractivity (Wildman–Crippen MR) is 119 cm³/mol. The molecule has 1 unspecified atom stereocenters. The summed E-state index contributed by atoms with van der Waals surface area (Å²) in [6.07, 6.45) is 0. The number of rotatable bonds is 4. The van der Waals surface area contributed by atoms with Gasteiger partial charge in [-0.25, -0.2) is 0 Å². The molecule has 0 saturated carbocycles. The molecule has 2 rings (SSSR count). The largest absolute Gasteiger partial charge is 0.460 e. The lowest BCUT2D eigenvalue weighted by Crippen LogP contribution is -2.17. The van der Waals surface area contributed by atoms with Crippen molar-refractivity contribution in [3.8, 4) is 11.5 Å². The third-order valence-corrected chi connectivity index (χ3v) is 5.45. The number of hydrogen-bond donors (Lipinski definition) is 1. The van der Waals surface area contributed by atoms with Gasteiger partial charge in [0.2, 0.25) is 0 Å². The summed E-state index contributed by atoms with van der Waals surface area (Å²) < 4.78 is 11.5. The second-order valence-electron chi connectivity index (χ2n) is 10.4. The van der Waals surface area contributed by atoms with Gasteiger partial charge in [-0.2, -0.15) is 0 Å². The minimum absolute atomic E-state index is 0.0494. The van der Waals surface area contributed by atoms with E-state index in [1.165, 1.54) is 11.1 Å². The van der Waals surface area contributed by atoms with E-state index in [0.29, 0.717) is 11.5 Å². The van der Waals surface area contributed by atoms with Crippen LogP contribution in [0.4, 0.5) is 0 Å². The maximum absolute atomic E-state index is 10.4. The molecule has 0 fully saturated rings. The van der Waals surface area contributed by atoms with Gasteiger partial charge in [-0.3, -0.25) is 0 Å². The summed E-state index contributed by atoms with van der Waals surface area (Å²) in [6, 6.07) is 14.0. The van der Waals surface area contributed by atoms with Gasteiger partial charge in [-0.05, 0) is 45.6 Å². The highest BCUT2D eigenvalue weighted by Crippen LogP contribution is 2.42. The molecule has 0 heterocycles. The van der Waals surface area contributed by atoms with E-state index in [2.05, 4.69) is 74.4 Å². The van der Waals surface area contributed by atoms with Crippen molar-refractivity contribution in [1.82, 2.24) is 0 Å². The van der Waals surface area contributed by atoms with E-state index >= 15 is 0 Å². The van der Waals surface area contributed by atoms with Gasteiger partial charge in [0.05, 0.1) is 0 Å². The standard InChI is InChI=1S/C24H35O3P/c1-22(2,3)17-10-13-19(14-11-17)26-28(25)27-21-15-12-18(23(4,5)6)16-20(21)24(7,8)9/h10-16,25H,1-9H3. The van der Waals surface area contributed by atoms with E-state index in [-0.39, 0.29) is 16.2 Å². The van der Waals surface area contributed by atoms with Crippen molar-refractivity contribution in [2.24, 2.45) is 0 Å². The summed E-state index contributed by atoms with van der Waals surface area (Å²) in [7, 11) is -2.07. The fourth-order valence-electron chi connectivity index (χ4n) is 2.87. The van der Waals surface area contributed by atoms with Crippen LogP contribution >= 0.6 is 8.60 Å². The lowest BCUT2D eigenvalue weighted by molar-refractivity contribution is 0.376. The first-order chi connectivity index (χ1) is 12.7. The molecular formula is C24H35O3P. The quantitative estimate of drug-likeness (QED) is 0.547. The zero-order valence-corrected chi connectivity index (χ0v) is 19.6. The van der Waals surface area contributed by atoms with Gasteiger partial charge in [0.1, 0.15) is 11.5 Å². The summed E-state index contributed by atoms with van der Waals surface area (Å²) in [4.78, 5) is 10.4. The highest BCUT2D eigenvalue weighted by atomic mass is 31.2. The summed E-state index contributed by atoms with van der Waals surface area (Å²) in [5.41, 5.74) is 3.54. The lowest BCUT2D eigenvalue weighted by Gasteiger charge is -2.27. The van der Waals surface area contributed by atoms with Crippen LogP contribution in [0.15, 0.2) is 42.5 Å². The van der Waals surface area contributed by atoms with Crippen molar-refractivity contribution >= 4 is 8.60 Å². The van der Waals surface area contributed by atoms with E-state index in [9.17, 15) is 4.89 Å². The van der Waals surface area contributed by atoms with Gasteiger partial charge >= 0.3 is 8.60 Å². The molecule has 0 aromatic heterocycles. The summed E-state index contributed by atoms with van der Waals surface area (Å²) >= 11 is 0. The fraction of sp³-hybridized carbons (Fsp3) is 0.500. The van der Waals surface area contributed by atoms with Crippen LogP contribution in [0.3, 0.4) is 0 Å². The molecule has 0 aliphatic rings. The maximum atomic E-state index is 10.4. The van der Waals surface area contributed by atoms with Crippen molar-refractivity contribution in [3.63, 3.8) is 0 Å². The van der Waals surface area contributed by atoms with Crippen molar-refractivity contribution in [3.05, 3.63) is 59.2 Å². The molecule has 0 bridgehead atoms. The molecule has 2 aromatic carbocycles. The molecule has 0 spiro atoms. The Bertz CT molecular complexity index is 791. The highest BCUT2D eigenvalue weighted by Gasteiger charge is 2.25. The molecule has 154 valence electrons. The van der Waals surface area contributed by atoms with Crippen LogP contribution in [0.2, 0.25) is 0 Å². The van der Waals surface area contributed by atoms with Crippen LogP contribution in [0.25, 0.3) is 0 Å². The lowest BCUT2D eigenvalue weighted by atomic mass is 9.80. The molecule has 0 amide bonds. The Kier molecular flexibility index (Phi) is 6.53. The SMILES string of the molecule is CC(C)(C)c1ccc(OP(O)Oc2ccc(C(C)(C)C)cc2C(C)(C)C)cc1. The van der Waals surface area contributed by atoms with Crippen LogP contribution in [0.1, 0.15) is 79.0 Å². The van der Waals surface area contributed by atoms with E-state index in [1.807, 2.05) is 30.3 Å². The Hall–Kier alpha value is -1.57. The Balaban J connectivity index is 2.20. The van der Waals surface area contributed by atoms with Crippen molar-refractivity contribution in [2.75, 3.05) is 0 Å². The first-order valence-electron chi connectivity index (χ1n) is 9.78. The molecule has 2 aromatic rings. The van der Waals surface area contributed by atoms with Gasteiger partial charge in [-0.1, -0.05) is 86.6 Å². The Morgan fingerprint density at radius 2 is 1.14 bits per heavy atom.